The molecule has 0 saturated carbocycles. The highest BCUT2D eigenvalue weighted by Gasteiger charge is 2.50. The van der Waals surface area contributed by atoms with Gasteiger partial charge in [-0.15, -0.1) is 5.06 Å². The lowest BCUT2D eigenvalue weighted by Crippen LogP contribution is -2.53. The van der Waals surface area contributed by atoms with Crippen LogP contribution in [0.3, 0.4) is 0 Å². The normalized spacial score (nSPS) is 24.8. The fourth-order valence-electron chi connectivity index (χ4n) is 2.00. The highest BCUT2D eigenvalue weighted by molar-refractivity contribution is 5.77. The van der Waals surface area contributed by atoms with E-state index in [1.54, 1.807) is 12.1 Å². The van der Waals surface area contributed by atoms with Crippen LogP contribution >= 0.6 is 0 Å². The van der Waals surface area contributed by atoms with Gasteiger partial charge in [0.15, 0.2) is 0 Å². The zero-order valence-electron chi connectivity index (χ0n) is 9.63. The lowest BCUT2D eigenvalue weighted by Gasteiger charge is -2.31. The predicted molar refractivity (Wildman–Crippen MR) is 60.4 cm³/mol. The summed E-state index contributed by atoms with van der Waals surface area (Å²) < 4.78 is 5.15. The molecule has 0 bridgehead atoms. The van der Waals surface area contributed by atoms with Crippen LogP contribution in [0.1, 0.15) is 12.8 Å². The SMILES string of the molecule is CO[C@@]1(C(=O)O)CCCN1Oc1ccccc1. The molecule has 0 radical (unpaired) electrons. The molecule has 1 fully saturated rings. The van der Waals surface area contributed by atoms with Crippen molar-refractivity contribution in [3.8, 4) is 5.75 Å². The number of methoxy groups -OCH3 is 1. The molecule has 1 heterocycles. The Morgan fingerprint density at radius 1 is 1.41 bits per heavy atom. The number of carbonyl (C=O) groups is 1. The second-order valence-electron chi connectivity index (χ2n) is 3.90. The van der Waals surface area contributed by atoms with Gasteiger partial charge in [-0.1, -0.05) is 18.2 Å². The molecule has 0 unspecified atom stereocenters. The van der Waals surface area contributed by atoms with E-state index < -0.39 is 11.7 Å². The van der Waals surface area contributed by atoms with Crippen molar-refractivity contribution in [2.24, 2.45) is 0 Å². The Hall–Kier alpha value is -1.59. The molecule has 1 N–H and O–H groups in total. The molecule has 1 aromatic rings. The van der Waals surface area contributed by atoms with E-state index in [9.17, 15) is 9.90 Å². The first-order chi connectivity index (χ1) is 8.19. The van der Waals surface area contributed by atoms with Crippen molar-refractivity contribution in [3.63, 3.8) is 0 Å². The van der Waals surface area contributed by atoms with Gasteiger partial charge in [0.25, 0.3) is 5.72 Å². The van der Waals surface area contributed by atoms with Crippen molar-refractivity contribution in [3.05, 3.63) is 30.3 Å². The molecule has 17 heavy (non-hydrogen) atoms. The molecule has 1 saturated heterocycles. The van der Waals surface area contributed by atoms with Crippen LogP contribution in [0.15, 0.2) is 30.3 Å². The number of hydrogen-bond donors (Lipinski definition) is 1. The number of rotatable bonds is 4. The molecule has 0 aliphatic carbocycles. The van der Waals surface area contributed by atoms with Crippen molar-refractivity contribution in [1.82, 2.24) is 5.06 Å². The Balaban J connectivity index is 2.17. The average Bonchev–Trinajstić information content (AvgIpc) is 2.74. The van der Waals surface area contributed by atoms with Crippen molar-refractivity contribution in [2.45, 2.75) is 18.6 Å². The number of para-hydroxylation sites is 1. The second-order valence-corrected chi connectivity index (χ2v) is 3.90. The zero-order valence-corrected chi connectivity index (χ0v) is 9.63. The third-order valence-electron chi connectivity index (χ3n) is 2.91. The molecule has 5 nitrogen and oxygen atoms in total. The largest absolute Gasteiger partial charge is 0.478 e. The summed E-state index contributed by atoms with van der Waals surface area (Å²) in [4.78, 5) is 16.9. The van der Waals surface area contributed by atoms with Crippen LogP contribution in [0.25, 0.3) is 0 Å². The molecule has 0 aromatic heterocycles. The van der Waals surface area contributed by atoms with E-state index in [1.165, 1.54) is 12.2 Å². The van der Waals surface area contributed by atoms with E-state index in [1.807, 2.05) is 18.2 Å². The van der Waals surface area contributed by atoms with Gasteiger partial charge in [0.05, 0.1) is 0 Å². The van der Waals surface area contributed by atoms with Crippen molar-refractivity contribution < 1.29 is 19.5 Å². The number of nitrogens with zero attached hydrogens (tertiary/aromatic N) is 1. The maximum Gasteiger partial charge on any atom is 0.354 e. The highest BCUT2D eigenvalue weighted by Crippen LogP contribution is 2.31. The predicted octanol–water partition coefficient (Wildman–Crippen LogP) is 1.50. The summed E-state index contributed by atoms with van der Waals surface area (Å²) in [5.74, 6) is -0.412. The minimum Gasteiger partial charge on any atom is -0.478 e. The standard InChI is InChI=1S/C12H15NO4/c1-16-12(11(14)15)8-5-9-13(12)17-10-6-3-2-4-7-10/h2-4,6-7H,5,8-9H2,1H3,(H,14,15)/t12-/m1/s1. The van der Waals surface area contributed by atoms with Crippen LogP contribution in [0.4, 0.5) is 0 Å². The summed E-state index contributed by atoms with van der Waals surface area (Å²) in [6.45, 7) is 0.537. The van der Waals surface area contributed by atoms with Crippen LogP contribution in [0.2, 0.25) is 0 Å². The van der Waals surface area contributed by atoms with Gasteiger partial charge in [-0.3, -0.25) is 0 Å². The molecule has 5 heteroatoms. The number of ether oxygens (including phenoxy) is 1. The summed E-state index contributed by atoms with van der Waals surface area (Å²) >= 11 is 0. The monoisotopic (exact) mass is 237 g/mol. The minimum absolute atomic E-state index is 0.422. The quantitative estimate of drug-likeness (QED) is 0.860. The lowest BCUT2D eigenvalue weighted by atomic mass is 10.2. The van der Waals surface area contributed by atoms with E-state index in [0.717, 1.165) is 6.42 Å². The molecule has 1 atom stereocenters. The summed E-state index contributed by atoms with van der Waals surface area (Å²) in [6, 6.07) is 9.10. The lowest BCUT2D eigenvalue weighted by molar-refractivity contribution is -0.238. The summed E-state index contributed by atoms with van der Waals surface area (Å²) in [7, 11) is 1.39. The number of carboxylic acid groups (broad SMARTS) is 1. The Morgan fingerprint density at radius 3 is 2.71 bits per heavy atom. The Bertz CT molecular complexity index is 395. The second kappa shape index (κ2) is 4.73. The summed E-state index contributed by atoms with van der Waals surface area (Å²) in [5, 5.41) is 10.7. The molecule has 1 aliphatic heterocycles. The van der Waals surface area contributed by atoms with Gasteiger partial charge >= 0.3 is 5.97 Å². The highest BCUT2D eigenvalue weighted by atomic mass is 16.7. The number of aliphatic carboxylic acids is 1. The third-order valence-corrected chi connectivity index (χ3v) is 2.91. The van der Waals surface area contributed by atoms with Crippen LogP contribution < -0.4 is 4.84 Å². The Morgan fingerprint density at radius 2 is 2.12 bits per heavy atom. The molecule has 0 amide bonds. The van der Waals surface area contributed by atoms with Gasteiger partial charge in [-0.05, 0) is 18.6 Å². The number of hydrogen-bond acceptors (Lipinski definition) is 4. The molecular weight excluding hydrogens is 222 g/mol. The van der Waals surface area contributed by atoms with Gasteiger partial charge in [-0.2, -0.15) is 0 Å². The Labute approximate surface area is 99.5 Å². The number of hydroxylamine groups is 2. The van der Waals surface area contributed by atoms with Crippen molar-refractivity contribution in [2.75, 3.05) is 13.7 Å². The van der Waals surface area contributed by atoms with Gasteiger partial charge in [0.1, 0.15) is 5.75 Å². The summed E-state index contributed by atoms with van der Waals surface area (Å²) in [6.07, 6.45) is 1.15. The molecule has 2 rings (SSSR count). The van der Waals surface area contributed by atoms with E-state index in [0.29, 0.717) is 18.7 Å². The maximum absolute atomic E-state index is 11.3. The fourth-order valence-corrected chi connectivity index (χ4v) is 2.00. The topological polar surface area (TPSA) is 59.0 Å². The van der Waals surface area contributed by atoms with Crippen LogP contribution in [0.5, 0.6) is 5.75 Å². The van der Waals surface area contributed by atoms with E-state index in [2.05, 4.69) is 0 Å². The minimum atomic E-state index is -1.37. The first-order valence-corrected chi connectivity index (χ1v) is 5.48. The average molecular weight is 237 g/mol. The van der Waals surface area contributed by atoms with Crippen LogP contribution in [-0.4, -0.2) is 35.5 Å². The van der Waals surface area contributed by atoms with E-state index in [-0.39, 0.29) is 0 Å². The first-order valence-electron chi connectivity index (χ1n) is 5.48. The van der Waals surface area contributed by atoms with Crippen LogP contribution in [0, 0.1) is 0 Å². The van der Waals surface area contributed by atoms with Gasteiger partial charge in [0, 0.05) is 20.1 Å². The number of carboxylic acids is 1. The zero-order chi connectivity index (χ0) is 12.3. The molecule has 0 spiro atoms. The van der Waals surface area contributed by atoms with E-state index in [4.69, 9.17) is 9.57 Å². The van der Waals surface area contributed by atoms with E-state index >= 15 is 0 Å². The number of benzene rings is 1. The fraction of sp³-hybridized carbons (Fsp3) is 0.417. The van der Waals surface area contributed by atoms with Crippen molar-refractivity contribution in [1.29, 1.82) is 0 Å². The maximum atomic E-state index is 11.3. The van der Waals surface area contributed by atoms with Gasteiger partial charge < -0.3 is 14.7 Å². The summed E-state index contributed by atoms with van der Waals surface area (Å²) in [5.41, 5.74) is -1.37. The molecular formula is C12H15NO4. The third kappa shape index (κ3) is 2.11. The van der Waals surface area contributed by atoms with Gasteiger partial charge in [-0.25, -0.2) is 4.79 Å². The van der Waals surface area contributed by atoms with Gasteiger partial charge in [0.2, 0.25) is 0 Å². The smallest absolute Gasteiger partial charge is 0.354 e. The molecule has 1 aromatic carbocycles. The molecule has 92 valence electrons. The van der Waals surface area contributed by atoms with Crippen LogP contribution in [-0.2, 0) is 9.53 Å². The van der Waals surface area contributed by atoms with Crippen molar-refractivity contribution >= 4 is 5.97 Å². The Kier molecular flexibility index (Phi) is 3.31. The molecule has 1 aliphatic rings. The first kappa shape index (κ1) is 11.9.